The number of aryl methyl sites for hydroxylation is 1. The Hall–Kier alpha value is -3.04. The van der Waals surface area contributed by atoms with Crippen LogP contribution >= 0.6 is 12.4 Å². The van der Waals surface area contributed by atoms with E-state index in [0.717, 1.165) is 36.9 Å². The molecule has 3 heterocycles. The number of amides is 1. The summed E-state index contributed by atoms with van der Waals surface area (Å²) in [5.41, 5.74) is 8.98. The number of piperidine rings is 1. The summed E-state index contributed by atoms with van der Waals surface area (Å²) in [6.45, 7) is 1.88. The van der Waals surface area contributed by atoms with E-state index in [-0.39, 0.29) is 30.0 Å². The Morgan fingerprint density at radius 2 is 2.00 bits per heavy atom. The highest BCUT2D eigenvalue weighted by Crippen LogP contribution is 2.36. The number of hydrogen-bond acceptors (Lipinski definition) is 5. The van der Waals surface area contributed by atoms with E-state index in [1.165, 1.54) is 0 Å². The fourth-order valence-electron chi connectivity index (χ4n) is 4.80. The Balaban J connectivity index is 0.00000274. The third kappa shape index (κ3) is 4.25. The van der Waals surface area contributed by atoms with Crippen LogP contribution in [-0.4, -0.2) is 62.2 Å². The molecule has 0 spiro atoms. The van der Waals surface area contributed by atoms with Gasteiger partial charge in [-0.25, -0.2) is 9.78 Å². The quantitative estimate of drug-likeness (QED) is 0.551. The van der Waals surface area contributed by atoms with Crippen LogP contribution in [0.25, 0.3) is 22.6 Å². The Kier molecular flexibility index (Phi) is 6.60. The minimum Gasteiger partial charge on any atom is -0.494 e. The van der Waals surface area contributed by atoms with Gasteiger partial charge >= 0.3 is 5.97 Å². The summed E-state index contributed by atoms with van der Waals surface area (Å²) in [5.74, 6) is 0.658. The Bertz CT molecular complexity index is 1250. The zero-order valence-electron chi connectivity index (χ0n) is 19.4. The maximum absolute atomic E-state index is 13.2. The molecule has 3 N–H and O–H groups in total. The zero-order valence-corrected chi connectivity index (χ0v) is 20.2. The lowest BCUT2D eigenvalue weighted by molar-refractivity contribution is 0.0682. The fraction of sp³-hybridized carbons (Fsp3) is 0.458. The van der Waals surface area contributed by atoms with Crippen LogP contribution in [-0.2, 0) is 13.6 Å². The summed E-state index contributed by atoms with van der Waals surface area (Å²) >= 11 is 0. The first kappa shape index (κ1) is 24.1. The van der Waals surface area contributed by atoms with Crippen molar-refractivity contribution in [1.29, 1.82) is 0 Å². The van der Waals surface area contributed by atoms with Gasteiger partial charge in [0.15, 0.2) is 5.82 Å². The highest BCUT2D eigenvalue weighted by Gasteiger charge is 2.28. The summed E-state index contributed by atoms with van der Waals surface area (Å²) in [7, 11) is 3.46. The Morgan fingerprint density at radius 3 is 2.65 bits per heavy atom. The molecule has 1 atom stereocenters. The van der Waals surface area contributed by atoms with E-state index in [4.69, 9.17) is 15.5 Å². The lowest BCUT2D eigenvalue weighted by atomic mass is 10.0. The minimum absolute atomic E-state index is 0. The van der Waals surface area contributed by atoms with Crippen LogP contribution in [0.3, 0.4) is 0 Å². The van der Waals surface area contributed by atoms with Gasteiger partial charge in [-0.3, -0.25) is 4.79 Å². The molecule has 1 aromatic carbocycles. The summed E-state index contributed by atoms with van der Waals surface area (Å²) in [6.07, 6.45) is 4.04. The number of carboxylic acid groups (broad SMARTS) is 1. The van der Waals surface area contributed by atoms with E-state index in [9.17, 15) is 14.7 Å². The molecule has 34 heavy (non-hydrogen) atoms. The van der Waals surface area contributed by atoms with Gasteiger partial charge < -0.3 is 29.6 Å². The average molecular weight is 488 g/mol. The number of aromatic carboxylic acids is 1. The Labute approximate surface area is 203 Å². The van der Waals surface area contributed by atoms with Gasteiger partial charge in [0.2, 0.25) is 0 Å². The number of fused-ring (bicyclic) bond motifs is 1. The monoisotopic (exact) mass is 487 g/mol. The number of benzene rings is 1. The van der Waals surface area contributed by atoms with E-state index < -0.39 is 5.97 Å². The molecule has 10 heteroatoms. The van der Waals surface area contributed by atoms with Crippen molar-refractivity contribution in [3.8, 4) is 17.3 Å². The summed E-state index contributed by atoms with van der Waals surface area (Å²) in [5, 5.41) is 9.67. The average Bonchev–Trinajstić information content (AvgIpc) is 3.43. The standard InChI is InChI=1S/C24H29N5O4.ClH/c1-27-21-17(10-15(11-20(21)33-2)23(30)28-9-3-4-16(25)13-28)26-22(27)18-7-8-19(24(31)32)29(18)12-14-5-6-14;/h7-8,10-11,14,16H,3-6,9,12-13,25H2,1-2H3,(H,31,32);1H. The van der Waals surface area contributed by atoms with Gasteiger partial charge in [0, 0.05) is 38.3 Å². The van der Waals surface area contributed by atoms with Crippen LogP contribution in [0.5, 0.6) is 5.75 Å². The van der Waals surface area contributed by atoms with Crippen LogP contribution in [0.1, 0.15) is 46.5 Å². The number of nitrogens with two attached hydrogens (primary N) is 1. The molecular weight excluding hydrogens is 458 g/mol. The molecule has 1 amide bonds. The van der Waals surface area contributed by atoms with Gasteiger partial charge in [-0.1, -0.05) is 0 Å². The number of imidazole rings is 1. The summed E-state index contributed by atoms with van der Waals surface area (Å²) in [6, 6.07) is 6.97. The van der Waals surface area contributed by atoms with Crippen LogP contribution in [0.4, 0.5) is 0 Å². The molecule has 9 nitrogen and oxygen atoms in total. The van der Waals surface area contributed by atoms with Gasteiger partial charge in [-0.05, 0) is 55.9 Å². The molecule has 2 aromatic heterocycles. The molecule has 1 aliphatic heterocycles. The molecular formula is C24H30ClN5O4. The first-order chi connectivity index (χ1) is 15.9. The van der Waals surface area contributed by atoms with Crippen molar-refractivity contribution in [2.75, 3.05) is 20.2 Å². The van der Waals surface area contributed by atoms with Crippen molar-refractivity contribution in [2.24, 2.45) is 18.7 Å². The number of carboxylic acids is 1. The number of ether oxygens (including phenoxy) is 1. The normalized spacial score (nSPS) is 18.1. The summed E-state index contributed by atoms with van der Waals surface area (Å²) < 4.78 is 9.40. The van der Waals surface area contributed by atoms with E-state index in [1.807, 2.05) is 16.2 Å². The number of methoxy groups -OCH3 is 1. The number of aromatic nitrogens is 3. The highest BCUT2D eigenvalue weighted by atomic mass is 35.5. The number of carbonyl (C=O) groups is 2. The van der Waals surface area contributed by atoms with Gasteiger partial charge in [-0.15, -0.1) is 12.4 Å². The van der Waals surface area contributed by atoms with E-state index in [2.05, 4.69) is 0 Å². The molecule has 1 saturated carbocycles. The maximum Gasteiger partial charge on any atom is 0.352 e. The van der Waals surface area contributed by atoms with Crippen molar-refractivity contribution in [2.45, 2.75) is 38.3 Å². The number of rotatable bonds is 6. The molecule has 2 aliphatic rings. The maximum atomic E-state index is 13.2. The highest BCUT2D eigenvalue weighted by molar-refractivity contribution is 6.00. The SMILES string of the molecule is COc1cc(C(=O)N2CCCC(N)C2)cc2nc(-c3ccc(C(=O)O)n3CC3CC3)n(C)c12.Cl. The number of carbonyl (C=O) groups excluding carboxylic acids is 1. The number of hydrogen-bond donors (Lipinski definition) is 2. The molecule has 2 fully saturated rings. The van der Waals surface area contributed by atoms with E-state index >= 15 is 0 Å². The number of halogens is 1. The zero-order chi connectivity index (χ0) is 23.3. The van der Waals surface area contributed by atoms with Crippen molar-refractivity contribution in [3.05, 3.63) is 35.5 Å². The minimum atomic E-state index is -0.953. The van der Waals surface area contributed by atoms with E-state index in [1.54, 1.807) is 36.3 Å². The molecule has 1 aliphatic carbocycles. The van der Waals surface area contributed by atoms with Gasteiger partial charge in [0.05, 0.1) is 18.3 Å². The third-order valence-corrected chi connectivity index (χ3v) is 6.71. The molecule has 1 unspecified atom stereocenters. The molecule has 3 aromatic rings. The fourth-order valence-corrected chi connectivity index (χ4v) is 4.80. The topological polar surface area (TPSA) is 116 Å². The van der Waals surface area contributed by atoms with Crippen molar-refractivity contribution < 1.29 is 19.4 Å². The van der Waals surface area contributed by atoms with Gasteiger partial charge in [0.1, 0.15) is 17.0 Å². The molecule has 0 bridgehead atoms. The predicted molar refractivity (Wildman–Crippen MR) is 131 cm³/mol. The van der Waals surface area contributed by atoms with Crippen LogP contribution in [0.2, 0.25) is 0 Å². The number of likely N-dealkylation sites (tertiary alicyclic amines) is 1. The Morgan fingerprint density at radius 1 is 1.24 bits per heavy atom. The first-order valence-electron chi connectivity index (χ1n) is 11.4. The second-order valence-electron chi connectivity index (χ2n) is 9.16. The number of nitrogens with zero attached hydrogens (tertiary/aromatic N) is 4. The van der Waals surface area contributed by atoms with Crippen LogP contribution in [0, 0.1) is 5.92 Å². The predicted octanol–water partition coefficient (Wildman–Crippen LogP) is 3.14. The first-order valence-corrected chi connectivity index (χ1v) is 11.4. The van der Waals surface area contributed by atoms with E-state index in [0.29, 0.717) is 48.2 Å². The molecule has 1 saturated heterocycles. The largest absolute Gasteiger partial charge is 0.494 e. The molecule has 182 valence electrons. The molecule has 0 radical (unpaired) electrons. The van der Waals surface area contributed by atoms with Gasteiger partial charge in [-0.2, -0.15) is 0 Å². The van der Waals surface area contributed by atoms with Gasteiger partial charge in [0.25, 0.3) is 5.91 Å². The van der Waals surface area contributed by atoms with Crippen LogP contribution < -0.4 is 10.5 Å². The van der Waals surface area contributed by atoms with Crippen molar-refractivity contribution in [3.63, 3.8) is 0 Å². The second-order valence-corrected chi connectivity index (χ2v) is 9.16. The van der Waals surface area contributed by atoms with Crippen molar-refractivity contribution >= 4 is 35.3 Å². The lowest BCUT2D eigenvalue weighted by Gasteiger charge is -2.30. The molecule has 5 rings (SSSR count). The second kappa shape index (κ2) is 9.31. The summed E-state index contributed by atoms with van der Waals surface area (Å²) in [4.78, 5) is 31.6. The van der Waals surface area contributed by atoms with Crippen LogP contribution in [0.15, 0.2) is 24.3 Å². The third-order valence-electron chi connectivity index (χ3n) is 6.71. The smallest absolute Gasteiger partial charge is 0.352 e. The van der Waals surface area contributed by atoms with Crippen molar-refractivity contribution in [1.82, 2.24) is 19.0 Å². The lowest BCUT2D eigenvalue weighted by Crippen LogP contribution is -2.45.